The molecule has 4 heterocycles. The molecule has 9 nitrogen and oxygen atoms in total. The highest BCUT2D eigenvalue weighted by Gasteiger charge is 2.16. The number of aryl methyl sites for hydroxylation is 3. The minimum absolute atomic E-state index is 0.217. The molecule has 0 aromatic carbocycles. The molecule has 1 N–H and O–H groups in total. The molecule has 4 aromatic rings. The summed E-state index contributed by atoms with van der Waals surface area (Å²) in [6, 6.07) is 8.84. The molecular formula is C20H21N7O2S. The normalized spacial score (nSPS) is 11.0. The van der Waals surface area contributed by atoms with Crippen LogP contribution in [0.4, 0.5) is 0 Å². The van der Waals surface area contributed by atoms with E-state index in [9.17, 15) is 9.59 Å². The van der Waals surface area contributed by atoms with Crippen LogP contribution in [0.5, 0.6) is 0 Å². The van der Waals surface area contributed by atoms with Crippen molar-refractivity contribution >= 4 is 17.2 Å². The van der Waals surface area contributed by atoms with Crippen LogP contribution in [0.1, 0.15) is 26.8 Å². The number of nitrogens with one attached hydrogen (secondary N) is 1. The number of carbonyl (C=O) groups excluding carboxylic acids is 1. The van der Waals surface area contributed by atoms with Gasteiger partial charge in [0, 0.05) is 30.7 Å². The second-order valence-corrected chi connectivity index (χ2v) is 7.83. The van der Waals surface area contributed by atoms with Gasteiger partial charge in [0.2, 0.25) is 0 Å². The fraction of sp³-hybridized carbons (Fsp3) is 0.250. The van der Waals surface area contributed by atoms with Crippen molar-refractivity contribution in [2.24, 2.45) is 0 Å². The number of rotatable bonds is 6. The van der Waals surface area contributed by atoms with Crippen LogP contribution >= 0.6 is 11.3 Å². The topological polar surface area (TPSA) is 99.6 Å². The van der Waals surface area contributed by atoms with Gasteiger partial charge in [-0.15, -0.1) is 5.10 Å². The summed E-state index contributed by atoms with van der Waals surface area (Å²) in [5.41, 5.74) is 2.23. The molecule has 154 valence electrons. The first-order valence-corrected chi connectivity index (χ1v) is 10.2. The molecular weight excluding hydrogens is 402 g/mol. The predicted octanol–water partition coefficient (Wildman–Crippen LogP) is 2.03. The van der Waals surface area contributed by atoms with Crippen molar-refractivity contribution in [3.05, 3.63) is 75.0 Å². The lowest BCUT2D eigenvalue weighted by atomic mass is 10.4. The summed E-state index contributed by atoms with van der Waals surface area (Å²) in [6.45, 7) is 6.15. The largest absolute Gasteiger partial charge is 0.349 e. The van der Waals surface area contributed by atoms with Crippen molar-refractivity contribution in [3.8, 4) is 10.9 Å². The Morgan fingerprint density at radius 2 is 1.90 bits per heavy atom. The molecule has 4 aromatic heterocycles. The molecule has 0 fully saturated rings. The van der Waals surface area contributed by atoms with Crippen molar-refractivity contribution in [2.45, 2.75) is 27.3 Å². The second-order valence-electron chi connectivity index (χ2n) is 6.85. The van der Waals surface area contributed by atoms with Gasteiger partial charge in [-0.1, -0.05) is 11.3 Å². The lowest BCUT2D eigenvalue weighted by Crippen LogP contribution is -2.32. The number of nitrogens with zero attached hydrogens (tertiary/aromatic N) is 6. The zero-order chi connectivity index (χ0) is 21.3. The summed E-state index contributed by atoms with van der Waals surface area (Å²) in [7, 11) is 0. The van der Waals surface area contributed by atoms with E-state index in [4.69, 9.17) is 0 Å². The smallest absolute Gasteiger partial charge is 0.266 e. The third-order valence-electron chi connectivity index (χ3n) is 4.51. The van der Waals surface area contributed by atoms with Crippen molar-refractivity contribution in [2.75, 3.05) is 6.54 Å². The Kier molecular flexibility index (Phi) is 5.32. The molecule has 0 unspecified atom stereocenters. The van der Waals surface area contributed by atoms with Gasteiger partial charge < -0.3 is 9.88 Å². The first kappa shape index (κ1) is 19.8. The van der Waals surface area contributed by atoms with E-state index >= 15 is 0 Å². The first-order valence-electron chi connectivity index (χ1n) is 9.43. The number of hydrogen-bond donors (Lipinski definition) is 1. The second kappa shape index (κ2) is 8.07. The van der Waals surface area contributed by atoms with Crippen LogP contribution in [-0.2, 0) is 6.54 Å². The number of thiazole rings is 1. The van der Waals surface area contributed by atoms with Gasteiger partial charge in [0.15, 0.2) is 10.9 Å². The van der Waals surface area contributed by atoms with E-state index in [1.54, 1.807) is 10.7 Å². The monoisotopic (exact) mass is 423 g/mol. The number of carbonyl (C=O) groups is 1. The highest BCUT2D eigenvalue weighted by Crippen LogP contribution is 2.21. The molecule has 0 aliphatic rings. The first-order chi connectivity index (χ1) is 14.4. The van der Waals surface area contributed by atoms with Crippen LogP contribution < -0.4 is 10.9 Å². The third-order valence-corrected chi connectivity index (χ3v) is 5.67. The van der Waals surface area contributed by atoms with Gasteiger partial charge in [0.25, 0.3) is 11.5 Å². The summed E-state index contributed by atoms with van der Waals surface area (Å²) >= 11 is 1.32. The van der Waals surface area contributed by atoms with Crippen LogP contribution in [0, 0.1) is 20.8 Å². The fourth-order valence-corrected chi connectivity index (χ4v) is 4.04. The van der Waals surface area contributed by atoms with Crippen molar-refractivity contribution < 1.29 is 4.79 Å². The van der Waals surface area contributed by atoms with E-state index in [1.165, 1.54) is 22.1 Å². The maximum atomic E-state index is 12.6. The van der Waals surface area contributed by atoms with E-state index < -0.39 is 0 Å². The number of amides is 1. The van der Waals surface area contributed by atoms with Gasteiger partial charge in [-0.25, -0.2) is 14.3 Å². The maximum absolute atomic E-state index is 12.6. The van der Waals surface area contributed by atoms with Crippen LogP contribution in [0.2, 0.25) is 0 Å². The van der Waals surface area contributed by atoms with Gasteiger partial charge in [0.1, 0.15) is 4.88 Å². The van der Waals surface area contributed by atoms with Crippen molar-refractivity contribution in [1.82, 2.24) is 34.4 Å². The molecule has 0 saturated heterocycles. The van der Waals surface area contributed by atoms with Gasteiger partial charge >= 0.3 is 0 Å². The van der Waals surface area contributed by atoms with E-state index in [-0.39, 0.29) is 24.6 Å². The molecule has 4 rings (SSSR count). The molecule has 0 aliphatic carbocycles. The Morgan fingerprint density at radius 3 is 2.60 bits per heavy atom. The SMILES string of the molecule is Cc1cc(C)n(-c2ccc(=O)n(CCNC(=O)c3sc(-n4cccc4)nc3C)n2)n1. The summed E-state index contributed by atoms with van der Waals surface area (Å²) in [5, 5.41) is 12.4. The lowest BCUT2D eigenvalue weighted by molar-refractivity contribution is 0.0955. The molecule has 1 amide bonds. The van der Waals surface area contributed by atoms with Crippen LogP contribution in [-0.4, -0.2) is 41.6 Å². The number of hydrogen-bond acceptors (Lipinski definition) is 6. The van der Waals surface area contributed by atoms with E-state index in [0.717, 1.165) is 16.5 Å². The van der Waals surface area contributed by atoms with Gasteiger partial charge in [-0.05, 0) is 45.0 Å². The summed E-state index contributed by atoms with van der Waals surface area (Å²) in [4.78, 5) is 29.8. The molecule has 0 saturated carbocycles. The van der Waals surface area contributed by atoms with Crippen molar-refractivity contribution in [3.63, 3.8) is 0 Å². The Morgan fingerprint density at radius 1 is 1.13 bits per heavy atom. The summed E-state index contributed by atoms with van der Waals surface area (Å²) in [5.74, 6) is 0.340. The van der Waals surface area contributed by atoms with Crippen molar-refractivity contribution in [1.29, 1.82) is 0 Å². The zero-order valence-electron chi connectivity index (χ0n) is 16.9. The van der Waals surface area contributed by atoms with Crippen LogP contribution in [0.25, 0.3) is 10.9 Å². The standard InChI is InChI=1S/C20H21N7O2S/c1-13-12-14(2)27(23-13)16-6-7-17(28)26(24-16)11-8-21-19(29)18-15(3)22-20(30-18)25-9-4-5-10-25/h4-7,9-10,12H,8,11H2,1-3H3,(H,21,29). The quantitative estimate of drug-likeness (QED) is 0.512. The number of aromatic nitrogens is 6. The highest BCUT2D eigenvalue weighted by atomic mass is 32.1. The fourth-order valence-electron chi connectivity index (χ4n) is 3.09. The van der Waals surface area contributed by atoms with Crippen LogP contribution in [0.15, 0.2) is 47.5 Å². The Hall–Kier alpha value is -3.53. The third kappa shape index (κ3) is 3.94. The van der Waals surface area contributed by atoms with Crippen LogP contribution in [0.3, 0.4) is 0 Å². The minimum atomic E-state index is -0.238. The molecule has 0 radical (unpaired) electrons. The average Bonchev–Trinajstić information content (AvgIpc) is 3.43. The average molecular weight is 424 g/mol. The van der Waals surface area contributed by atoms with E-state index in [0.29, 0.717) is 16.4 Å². The predicted molar refractivity (Wildman–Crippen MR) is 114 cm³/mol. The zero-order valence-corrected chi connectivity index (χ0v) is 17.7. The summed E-state index contributed by atoms with van der Waals surface area (Å²) < 4.78 is 4.88. The summed E-state index contributed by atoms with van der Waals surface area (Å²) in [6.07, 6.45) is 3.77. The van der Waals surface area contributed by atoms with Gasteiger partial charge in [-0.3, -0.25) is 9.59 Å². The lowest BCUT2D eigenvalue weighted by Gasteiger charge is -2.09. The molecule has 0 bridgehead atoms. The van der Waals surface area contributed by atoms with E-state index in [1.807, 2.05) is 55.9 Å². The Labute approximate surface area is 176 Å². The Balaban J connectivity index is 1.44. The van der Waals surface area contributed by atoms with E-state index in [2.05, 4.69) is 20.5 Å². The highest BCUT2D eigenvalue weighted by molar-refractivity contribution is 7.16. The van der Waals surface area contributed by atoms with Gasteiger partial charge in [-0.2, -0.15) is 5.10 Å². The molecule has 0 aliphatic heterocycles. The molecule has 0 spiro atoms. The van der Waals surface area contributed by atoms with Gasteiger partial charge in [0.05, 0.1) is 17.9 Å². The molecule has 0 atom stereocenters. The molecule has 30 heavy (non-hydrogen) atoms. The molecule has 10 heteroatoms. The minimum Gasteiger partial charge on any atom is -0.349 e. The maximum Gasteiger partial charge on any atom is 0.266 e. The Bertz CT molecular complexity index is 1250.